The summed E-state index contributed by atoms with van der Waals surface area (Å²) in [6.07, 6.45) is 5.29. The summed E-state index contributed by atoms with van der Waals surface area (Å²) in [6, 6.07) is 3.57. The van der Waals surface area contributed by atoms with Gasteiger partial charge in [-0.15, -0.1) is 0 Å². The van der Waals surface area contributed by atoms with E-state index in [-0.39, 0.29) is 5.56 Å². The Morgan fingerprint density at radius 3 is 2.81 bits per heavy atom. The van der Waals surface area contributed by atoms with E-state index in [1.165, 1.54) is 0 Å². The smallest absolute Gasteiger partial charge is 0.255 e. The molecule has 0 saturated carbocycles. The normalized spacial score (nSPS) is 10.8. The molecular weight excluding hydrogens is 350 g/mol. The number of nitrogen functional groups attached to an aromatic ring is 1. The molecule has 0 spiro atoms. The lowest BCUT2D eigenvalue weighted by Gasteiger charge is -2.06. The van der Waals surface area contributed by atoms with Crippen LogP contribution in [-0.2, 0) is 12.2 Å². The fraction of sp³-hybridized carbons (Fsp3) is 0.294. The van der Waals surface area contributed by atoms with Crippen LogP contribution in [0.5, 0.6) is 0 Å². The van der Waals surface area contributed by atoms with Crippen LogP contribution in [0.1, 0.15) is 22.6 Å². The molecule has 0 bridgehead atoms. The largest absolute Gasteiger partial charge is 0.397 e. The van der Waals surface area contributed by atoms with Crippen LogP contribution < -0.4 is 16.6 Å². The number of aryl methyl sites for hydroxylation is 1. The second-order valence-electron chi connectivity index (χ2n) is 5.80. The van der Waals surface area contributed by atoms with E-state index >= 15 is 0 Å². The number of thioether (sulfide) groups is 1. The van der Waals surface area contributed by atoms with Crippen LogP contribution in [0.4, 0.5) is 11.6 Å². The van der Waals surface area contributed by atoms with Crippen molar-refractivity contribution < 1.29 is 0 Å². The number of nitrogens with one attached hydrogen (secondary N) is 3. The maximum absolute atomic E-state index is 12.2. The SMILES string of the molecule is Cc1[nH]cnc1CSCCNc1ncc(Cc2ccc(N)cn2)c(=O)[nH]1. The minimum Gasteiger partial charge on any atom is -0.397 e. The van der Waals surface area contributed by atoms with Crippen molar-refractivity contribution in [2.45, 2.75) is 19.1 Å². The number of nitrogens with zero attached hydrogens (tertiary/aromatic N) is 3. The van der Waals surface area contributed by atoms with Gasteiger partial charge in [0, 0.05) is 47.6 Å². The third-order valence-electron chi connectivity index (χ3n) is 3.80. The highest BCUT2D eigenvalue weighted by Crippen LogP contribution is 2.12. The van der Waals surface area contributed by atoms with E-state index in [0.29, 0.717) is 30.2 Å². The number of nitrogens with two attached hydrogens (primary N) is 1. The van der Waals surface area contributed by atoms with Crippen molar-refractivity contribution in [3.63, 3.8) is 0 Å². The third kappa shape index (κ3) is 4.85. The van der Waals surface area contributed by atoms with Gasteiger partial charge in [-0.3, -0.25) is 14.8 Å². The number of imidazole rings is 1. The van der Waals surface area contributed by atoms with Crippen LogP contribution >= 0.6 is 11.8 Å². The zero-order valence-corrected chi connectivity index (χ0v) is 15.3. The Morgan fingerprint density at radius 2 is 2.12 bits per heavy atom. The maximum atomic E-state index is 12.2. The molecule has 0 aliphatic rings. The average molecular weight is 371 g/mol. The van der Waals surface area contributed by atoms with Crippen molar-refractivity contribution in [3.05, 3.63) is 63.9 Å². The fourth-order valence-corrected chi connectivity index (χ4v) is 3.19. The summed E-state index contributed by atoms with van der Waals surface area (Å²) in [5.74, 6) is 2.21. The van der Waals surface area contributed by atoms with E-state index in [4.69, 9.17) is 5.73 Å². The fourth-order valence-electron chi connectivity index (χ4n) is 2.32. The monoisotopic (exact) mass is 371 g/mol. The molecule has 0 atom stereocenters. The maximum Gasteiger partial charge on any atom is 0.255 e. The van der Waals surface area contributed by atoms with E-state index in [2.05, 4.69) is 30.2 Å². The van der Waals surface area contributed by atoms with Crippen LogP contribution in [-0.4, -0.2) is 37.2 Å². The molecule has 8 nitrogen and oxygen atoms in total. The standard InChI is InChI=1S/C17H21N7OS/c1-11-15(23-10-22-11)9-26-5-4-19-17-21-7-12(16(25)24-17)6-14-3-2-13(18)8-20-14/h2-3,7-8,10H,4-6,9,18H2,1H3,(H,22,23)(H2,19,21,24,25). The molecule has 0 aliphatic carbocycles. The van der Waals surface area contributed by atoms with Gasteiger partial charge < -0.3 is 16.0 Å². The Balaban J connectivity index is 1.47. The molecule has 0 amide bonds. The van der Waals surface area contributed by atoms with E-state index in [1.54, 1.807) is 42.6 Å². The number of hydrogen-bond acceptors (Lipinski definition) is 7. The number of rotatable bonds is 8. The van der Waals surface area contributed by atoms with Gasteiger partial charge in [-0.05, 0) is 19.1 Å². The van der Waals surface area contributed by atoms with Gasteiger partial charge in [0.25, 0.3) is 5.56 Å². The zero-order chi connectivity index (χ0) is 18.4. The van der Waals surface area contributed by atoms with Gasteiger partial charge in [0.2, 0.25) is 5.95 Å². The molecule has 0 aromatic carbocycles. The van der Waals surface area contributed by atoms with Gasteiger partial charge in [0.1, 0.15) is 0 Å². The Kier molecular flexibility index (Phi) is 5.90. The summed E-state index contributed by atoms with van der Waals surface area (Å²) < 4.78 is 0. The van der Waals surface area contributed by atoms with Crippen LogP contribution in [0.25, 0.3) is 0 Å². The number of aromatic nitrogens is 5. The zero-order valence-electron chi connectivity index (χ0n) is 14.5. The van der Waals surface area contributed by atoms with Crippen LogP contribution in [0.3, 0.4) is 0 Å². The van der Waals surface area contributed by atoms with Gasteiger partial charge in [-0.2, -0.15) is 11.8 Å². The molecule has 5 N–H and O–H groups in total. The second kappa shape index (κ2) is 8.52. The lowest BCUT2D eigenvalue weighted by Crippen LogP contribution is -2.18. The summed E-state index contributed by atoms with van der Waals surface area (Å²) in [6.45, 7) is 2.72. The Hall–Kier alpha value is -2.81. The topological polar surface area (TPSA) is 125 Å². The van der Waals surface area contributed by atoms with Crippen molar-refractivity contribution in [1.29, 1.82) is 0 Å². The van der Waals surface area contributed by atoms with E-state index in [1.807, 2.05) is 6.92 Å². The molecule has 0 aliphatic heterocycles. The first-order valence-electron chi connectivity index (χ1n) is 8.21. The Bertz CT molecular complexity index is 904. The first-order chi connectivity index (χ1) is 12.6. The molecule has 0 saturated heterocycles. The molecule has 0 fully saturated rings. The number of H-pyrrole nitrogens is 2. The molecule has 26 heavy (non-hydrogen) atoms. The molecule has 3 aromatic heterocycles. The van der Waals surface area contributed by atoms with E-state index in [0.717, 1.165) is 28.6 Å². The molecule has 0 unspecified atom stereocenters. The van der Waals surface area contributed by atoms with Gasteiger partial charge >= 0.3 is 0 Å². The molecule has 9 heteroatoms. The number of pyridine rings is 1. The summed E-state index contributed by atoms with van der Waals surface area (Å²) in [5, 5.41) is 3.13. The predicted molar refractivity (Wildman–Crippen MR) is 104 cm³/mol. The first-order valence-corrected chi connectivity index (χ1v) is 9.36. The molecule has 3 aromatic rings. The highest BCUT2D eigenvalue weighted by atomic mass is 32.2. The summed E-state index contributed by atoms with van der Waals surface area (Å²) in [5.41, 5.74) is 9.56. The minimum atomic E-state index is -0.166. The molecule has 3 rings (SSSR count). The predicted octanol–water partition coefficient (Wildman–Crippen LogP) is 1.71. The molecule has 0 radical (unpaired) electrons. The highest BCUT2D eigenvalue weighted by molar-refractivity contribution is 7.98. The quantitative estimate of drug-likeness (QED) is 0.444. The third-order valence-corrected chi connectivity index (χ3v) is 4.77. The van der Waals surface area contributed by atoms with Crippen LogP contribution in [0, 0.1) is 6.92 Å². The van der Waals surface area contributed by atoms with Crippen LogP contribution in [0.15, 0.2) is 35.6 Å². The summed E-state index contributed by atoms with van der Waals surface area (Å²) in [7, 11) is 0. The molecular formula is C17H21N7OS. The minimum absolute atomic E-state index is 0.166. The van der Waals surface area contributed by atoms with Gasteiger partial charge in [-0.25, -0.2) is 9.97 Å². The van der Waals surface area contributed by atoms with Crippen molar-refractivity contribution in [3.8, 4) is 0 Å². The lowest BCUT2D eigenvalue weighted by atomic mass is 10.2. The van der Waals surface area contributed by atoms with Crippen molar-refractivity contribution in [2.75, 3.05) is 23.3 Å². The van der Waals surface area contributed by atoms with Gasteiger partial charge in [-0.1, -0.05) is 0 Å². The van der Waals surface area contributed by atoms with Crippen LogP contribution in [0.2, 0.25) is 0 Å². The molecule has 3 heterocycles. The summed E-state index contributed by atoms with van der Waals surface area (Å²) >= 11 is 1.77. The second-order valence-corrected chi connectivity index (χ2v) is 6.90. The first kappa shape index (κ1) is 18.0. The lowest BCUT2D eigenvalue weighted by molar-refractivity contribution is 0.983. The van der Waals surface area contributed by atoms with Gasteiger partial charge in [0.15, 0.2) is 0 Å². The van der Waals surface area contributed by atoms with Crippen molar-refractivity contribution in [1.82, 2.24) is 24.9 Å². The number of hydrogen-bond donors (Lipinski definition) is 4. The summed E-state index contributed by atoms with van der Waals surface area (Å²) in [4.78, 5) is 30.8. The van der Waals surface area contributed by atoms with E-state index in [9.17, 15) is 4.79 Å². The average Bonchev–Trinajstić information content (AvgIpc) is 3.04. The molecule has 136 valence electrons. The highest BCUT2D eigenvalue weighted by Gasteiger charge is 2.05. The van der Waals surface area contributed by atoms with Gasteiger partial charge in [0.05, 0.1) is 23.9 Å². The van der Waals surface area contributed by atoms with Crippen molar-refractivity contribution in [2.24, 2.45) is 0 Å². The van der Waals surface area contributed by atoms with E-state index < -0.39 is 0 Å². The number of aromatic amines is 2. The number of anilines is 2. The Labute approximate surface area is 155 Å². The Morgan fingerprint density at radius 1 is 1.23 bits per heavy atom. The van der Waals surface area contributed by atoms with Crippen molar-refractivity contribution >= 4 is 23.4 Å².